The molecular formula is C18H17BrN2O2. The molecule has 0 bridgehead atoms. The van der Waals surface area contributed by atoms with Crippen molar-refractivity contribution in [1.29, 1.82) is 0 Å². The fraction of sp³-hybridized carbons (Fsp3) is 0.111. The number of rotatable bonds is 6. The van der Waals surface area contributed by atoms with Crippen LogP contribution < -0.4 is 10.2 Å². The maximum absolute atomic E-state index is 11.9. The summed E-state index contributed by atoms with van der Waals surface area (Å²) in [6.45, 7) is 1.67. The highest BCUT2D eigenvalue weighted by Gasteiger charge is 2.13. The Morgan fingerprint density at radius 2 is 1.87 bits per heavy atom. The summed E-state index contributed by atoms with van der Waals surface area (Å²) in [6, 6.07) is 17.1. The summed E-state index contributed by atoms with van der Waals surface area (Å²) in [7, 11) is 0. The fourth-order valence-corrected chi connectivity index (χ4v) is 1.99. The Morgan fingerprint density at radius 1 is 1.17 bits per heavy atom. The van der Waals surface area contributed by atoms with Crippen LogP contribution in [0.3, 0.4) is 0 Å². The number of benzene rings is 2. The Morgan fingerprint density at radius 3 is 2.57 bits per heavy atom. The molecule has 1 atom stereocenters. The van der Waals surface area contributed by atoms with E-state index in [0.717, 1.165) is 10.0 Å². The van der Waals surface area contributed by atoms with Gasteiger partial charge in [0.25, 0.3) is 5.91 Å². The largest absolute Gasteiger partial charge is 0.481 e. The fourth-order valence-electron chi connectivity index (χ4n) is 1.72. The number of carbonyl (C=O) groups excluding carboxylic acids is 1. The number of hydrogen-bond acceptors (Lipinski definition) is 3. The van der Waals surface area contributed by atoms with Crippen molar-refractivity contribution in [2.24, 2.45) is 5.10 Å². The van der Waals surface area contributed by atoms with E-state index in [2.05, 4.69) is 26.5 Å². The molecule has 0 fully saturated rings. The van der Waals surface area contributed by atoms with Crippen molar-refractivity contribution in [2.75, 3.05) is 0 Å². The minimum Gasteiger partial charge on any atom is -0.481 e. The van der Waals surface area contributed by atoms with Crippen LogP contribution >= 0.6 is 15.9 Å². The van der Waals surface area contributed by atoms with Crippen molar-refractivity contribution in [3.05, 3.63) is 70.7 Å². The lowest BCUT2D eigenvalue weighted by molar-refractivity contribution is -0.127. The highest BCUT2D eigenvalue weighted by atomic mass is 79.9. The average Bonchev–Trinajstić information content (AvgIpc) is 2.57. The quantitative estimate of drug-likeness (QED) is 0.614. The summed E-state index contributed by atoms with van der Waals surface area (Å²) in [4.78, 5) is 11.9. The smallest absolute Gasteiger partial charge is 0.280 e. The highest BCUT2D eigenvalue weighted by Crippen LogP contribution is 2.17. The number of carbonyl (C=O) groups is 1. The second-order valence-electron chi connectivity index (χ2n) is 4.74. The topological polar surface area (TPSA) is 50.7 Å². The first-order valence-corrected chi connectivity index (χ1v) is 7.91. The zero-order valence-electron chi connectivity index (χ0n) is 12.6. The molecule has 1 unspecified atom stereocenters. The third-order valence-corrected chi connectivity index (χ3v) is 3.45. The van der Waals surface area contributed by atoms with Gasteiger partial charge in [0.15, 0.2) is 6.10 Å². The van der Waals surface area contributed by atoms with Crippen LogP contribution in [0.4, 0.5) is 0 Å². The third kappa shape index (κ3) is 6.08. The van der Waals surface area contributed by atoms with Crippen molar-refractivity contribution < 1.29 is 9.53 Å². The van der Waals surface area contributed by atoms with E-state index in [1.54, 1.807) is 25.1 Å². The molecule has 0 radical (unpaired) electrons. The van der Waals surface area contributed by atoms with E-state index in [4.69, 9.17) is 4.74 Å². The Labute approximate surface area is 144 Å². The van der Waals surface area contributed by atoms with Crippen LogP contribution in [0, 0.1) is 0 Å². The van der Waals surface area contributed by atoms with E-state index in [1.807, 2.05) is 48.5 Å². The molecule has 0 saturated heterocycles. The first-order valence-electron chi connectivity index (χ1n) is 7.12. The zero-order valence-corrected chi connectivity index (χ0v) is 14.2. The number of amides is 1. The molecule has 0 aromatic heterocycles. The lowest BCUT2D eigenvalue weighted by Crippen LogP contribution is -2.33. The molecule has 0 aliphatic rings. The van der Waals surface area contributed by atoms with Crippen LogP contribution in [0.15, 0.2) is 70.2 Å². The molecule has 2 aromatic carbocycles. The molecule has 1 amide bonds. The van der Waals surface area contributed by atoms with Crippen molar-refractivity contribution in [1.82, 2.24) is 5.43 Å². The molecule has 0 saturated carbocycles. The van der Waals surface area contributed by atoms with E-state index < -0.39 is 6.10 Å². The second kappa shape index (κ2) is 8.90. The van der Waals surface area contributed by atoms with Crippen molar-refractivity contribution >= 4 is 34.1 Å². The van der Waals surface area contributed by atoms with Crippen LogP contribution in [0.1, 0.15) is 12.5 Å². The number of allylic oxidation sites excluding steroid dienone is 1. The lowest BCUT2D eigenvalue weighted by atomic mass is 10.2. The van der Waals surface area contributed by atoms with Gasteiger partial charge in [-0.25, -0.2) is 5.43 Å². The summed E-state index contributed by atoms with van der Waals surface area (Å²) in [5.74, 6) is 0.320. The highest BCUT2D eigenvalue weighted by molar-refractivity contribution is 9.10. The van der Waals surface area contributed by atoms with Gasteiger partial charge in [-0.15, -0.1) is 0 Å². The second-order valence-corrected chi connectivity index (χ2v) is 5.65. The predicted octanol–water partition coefficient (Wildman–Crippen LogP) is 4.03. The summed E-state index contributed by atoms with van der Waals surface area (Å²) in [6.07, 6.45) is 4.55. The van der Waals surface area contributed by atoms with Gasteiger partial charge in [0, 0.05) is 10.7 Å². The third-order valence-electron chi connectivity index (χ3n) is 2.92. The van der Waals surface area contributed by atoms with E-state index >= 15 is 0 Å². The molecule has 0 spiro atoms. The first-order chi connectivity index (χ1) is 11.1. The Balaban J connectivity index is 1.78. The van der Waals surface area contributed by atoms with Gasteiger partial charge in [0.05, 0.1) is 0 Å². The predicted molar refractivity (Wildman–Crippen MR) is 96.3 cm³/mol. The molecule has 2 aromatic rings. The molecule has 23 heavy (non-hydrogen) atoms. The SMILES string of the molecule is CC(Oc1ccc(Br)cc1)C(=O)NN=CC=Cc1ccccc1. The van der Waals surface area contributed by atoms with Crippen LogP contribution in [0.25, 0.3) is 6.08 Å². The van der Waals surface area contributed by atoms with Gasteiger partial charge in [0.1, 0.15) is 5.75 Å². The van der Waals surface area contributed by atoms with Crippen LogP contribution in [0.2, 0.25) is 0 Å². The van der Waals surface area contributed by atoms with Crippen molar-refractivity contribution in [3.8, 4) is 5.75 Å². The number of nitrogens with zero attached hydrogens (tertiary/aromatic N) is 1. The monoisotopic (exact) mass is 372 g/mol. The maximum Gasteiger partial charge on any atom is 0.280 e. The Kier molecular flexibility index (Phi) is 6.56. The van der Waals surface area contributed by atoms with Crippen molar-refractivity contribution in [2.45, 2.75) is 13.0 Å². The first kappa shape index (κ1) is 17.0. The van der Waals surface area contributed by atoms with Gasteiger partial charge >= 0.3 is 0 Å². The normalized spacial score (nSPS) is 12.4. The van der Waals surface area contributed by atoms with Crippen LogP contribution in [0.5, 0.6) is 5.75 Å². The summed E-state index contributed by atoms with van der Waals surface area (Å²) in [5.41, 5.74) is 3.51. The molecule has 4 nitrogen and oxygen atoms in total. The molecule has 2 rings (SSSR count). The van der Waals surface area contributed by atoms with Crippen LogP contribution in [-0.4, -0.2) is 18.2 Å². The van der Waals surface area contributed by atoms with Crippen molar-refractivity contribution in [3.63, 3.8) is 0 Å². The number of nitrogens with one attached hydrogen (secondary N) is 1. The van der Waals surface area contributed by atoms with E-state index in [-0.39, 0.29) is 5.91 Å². The summed E-state index contributed by atoms with van der Waals surface area (Å²) >= 11 is 3.35. The van der Waals surface area contributed by atoms with E-state index in [0.29, 0.717) is 5.75 Å². The number of hydrazone groups is 1. The minimum atomic E-state index is -0.633. The zero-order chi connectivity index (χ0) is 16.5. The van der Waals surface area contributed by atoms with Gasteiger partial charge in [-0.3, -0.25) is 4.79 Å². The van der Waals surface area contributed by atoms with E-state index in [9.17, 15) is 4.79 Å². The molecular weight excluding hydrogens is 356 g/mol. The number of hydrogen-bond donors (Lipinski definition) is 1. The maximum atomic E-state index is 11.9. The van der Waals surface area contributed by atoms with Gasteiger partial charge in [0.2, 0.25) is 0 Å². The van der Waals surface area contributed by atoms with E-state index in [1.165, 1.54) is 6.21 Å². The Bertz CT molecular complexity index is 682. The lowest BCUT2D eigenvalue weighted by Gasteiger charge is -2.12. The molecule has 0 aliphatic heterocycles. The number of ether oxygens (including phenoxy) is 1. The molecule has 5 heteroatoms. The minimum absolute atomic E-state index is 0.308. The molecule has 118 valence electrons. The number of halogens is 1. The molecule has 0 aliphatic carbocycles. The van der Waals surface area contributed by atoms with Gasteiger partial charge in [-0.1, -0.05) is 52.3 Å². The van der Waals surface area contributed by atoms with Crippen LogP contribution in [-0.2, 0) is 4.79 Å². The van der Waals surface area contributed by atoms with Gasteiger partial charge in [-0.2, -0.15) is 5.10 Å². The summed E-state index contributed by atoms with van der Waals surface area (Å²) < 4.78 is 6.49. The summed E-state index contributed by atoms with van der Waals surface area (Å²) in [5, 5.41) is 3.86. The molecule has 0 heterocycles. The molecule has 1 N–H and O–H groups in total. The van der Waals surface area contributed by atoms with Gasteiger partial charge in [-0.05, 0) is 42.8 Å². The average molecular weight is 373 g/mol. The van der Waals surface area contributed by atoms with Gasteiger partial charge < -0.3 is 4.74 Å². The standard InChI is InChI=1S/C18H17BrN2O2/c1-14(23-17-11-9-16(19)10-12-17)18(22)21-20-13-5-8-15-6-3-2-4-7-15/h2-14H,1H3,(H,21,22). The Hall–Kier alpha value is -2.40.